The number of carbonyl (C=O) groups is 1. The number of rotatable bonds is 7. The van der Waals surface area contributed by atoms with Crippen LogP contribution in [0.5, 0.6) is 17.2 Å². The highest BCUT2D eigenvalue weighted by Crippen LogP contribution is 2.33. The summed E-state index contributed by atoms with van der Waals surface area (Å²) in [7, 11) is 4.90. The van der Waals surface area contributed by atoms with Crippen LogP contribution in [0.2, 0.25) is 0 Å². The van der Waals surface area contributed by atoms with Gasteiger partial charge in [-0.1, -0.05) is 17.8 Å². The molecule has 162 valence electrons. The molecule has 0 aliphatic carbocycles. The molecule has 0 radical (unpaired) electrons. The highest BCUT2D eigenvalue weighted by Gasteiger charge is 2.23. The van der Waals surface area contributed by atoms with Crippen LogP contribution in [-0.4, -0.2) is 54.0 Å². The van der Waals surface area contributed by atoms with Crippen molar-refractivity contribution in [2.45, 2.75) is 18.1 Å². The third kappa shape index (κ3) is 4.49. The molecule has 0 spiro atoms. The monoisotopic (exact) mass is 439 g/mol. The van der Waals surface area contributed by atoms with Gasteiger partial charge in [-0.05, 0) is 41.8 Å². The zero-order chi connectivity index (χ0) is 21.8. The van der Waals surface area contributed by atoms with E-state index in [-0.39, 0.29) is 5.91 Å². The first-order valence-corrected chi connectivity index (χ1v) is 10.9. The van der Waals surface area contributed by atoms with Gasteiger partial charge in [-0.25, -0.2) is 4.98 Å². The number of hydrogen-bond donors (Lipinski definition) is 0. The number of fused-ring (bicyclic) bond motifs is 1. The minimum Gasteiger partial charge on any atom is -0.497 e. The van der Waals surface area contributed by atoms with Crippen LogP contribution >= 0.6 is 11.8 Å². The summed E-state index contributed by atoms with van der Waals surface area (Å²) in [4.78, 5) is 19.2. The summed E-state index contributed by atoms with van der Waals surface area (Å²) in [5.74, 6) is 2.60. The number of hydrogen-bond acceptors (Lipinski definition) is 6. The third-order valence-electron chi connectivity index (χ3n) is 5.33. The number of nitrogens with zero attached hydrogens (tertiary/aromatic N) is 3. The van der Waals surface area contributed by atoms with Gasteiger partial charge in [0.25, 0.3) is 0 Å². The van der Waals surface area contributed by atoms with Crippen molar-refractivity contribution in [3.05, 3.63) is 59.9 Å². The summed E-state index contributed by atoms with van der Waals surface area (Å²) in [6, 6.07) is 11.7. The second-order valence-corrected chi connectivity index (χ2v) is 8.05. The Morgan fingerprint density at radius 2 is 1.84 bits per heavy atom. The third-order valence-corrected chi connectivity index (χ3v) is 6.29. The van der Waals surface area contributed by atoms with Crippen LogP contribution in [-0.2, 0) is 17.8 Å². The molecule has 3 aromatic rings. The number of ether oxygens (including phenoxy) is 3. The minimum atomic E-state index is 0.0885. The predicted molar refractivity (Wildman–Crippen MR) is 120 cm³/mol. The van der Waals surface area contributed by atoms with Crippen LogP contribution in [0.1, 0.15) is 11.1 Å². The van der Waals surface area contributed by atoms with E-state index in [2.05, 4.69) is 4.98 Å². The number of thioether (sulfide) groups is 1. The van der Waals surface area contributed by atoms with E-state index < -0.39 is 0 Å². The molecule has 2 aromatic carbocycles. The van der Waals surface area contributed by atoms with E-state index in [1.807, 2.05) is 52.1 Å². The van der Waals surface area contributed by atoms with Crippen LogP contribution in [0.3, 0.4) is 0 Å². The molecule has 0 N–H and O–H groups in total. The molecule has 1 aliphatic heterocycles. The zero-order valence-electron chi connectivity index (χ0n) is 17.8. The van der Waals surface area contributed by atoms with Gasteiger partial charge in [-0.3, -0.25) is 9.36 Å². The van der Waals surface area contributed by atoms with E-state index in [4.69, 9.17) is 14.2 Å². The van der Waals surface area contributed by atoms with Crippen LogP contribution in [0, 0.1) is 0 Å². The van der Waals surface area contributed by atoms with E-state index in [1.54, 1.807) is 27.5 Å². The van der Waals surface area contributed by atoms with Crippen molar-refractivity contribution >= 4 is 17.7 Å². The molecular weight excluding hydrogens is 414 g/mol. The van der Waals surface area contributed by atoms with Gasteiger partial charge in [0.15, 0.2) is 16.7 Å². The van der Waals surface area contributed by atoms with Gasteiger partial charge < -0.3 is 19.1 Å². The van der Waals surface area contributed by atoms with Gasteiger partial charge in [0.05, 0.1) is 32.8 Å². The first-order chi connectivity index (χ1) is 15.1. The summed E-state index contributed by atoms with van der Waals surface area (Å²) in [5.41, 5.74) is 3.24. The van der Waals surface area contributed by atoms with E-state index in [0.717, 1.165) is 34.3 Å². The number of benzene rings is 2. The fourth-order valence-electron chi connectivity index (χ4n) is 3.67. The minimum absolute atomic E-state index is 0.0885. The molecule has 2 heterocycles. The summed E-state index contributed by atoms with van der Waals surface area (Å²) in [5, 5.41) is 0.769. The average molecular weight is 440 g/mol. The molecule has 1 aliphatic rings. The fraction of sp³-hybridized carbons (Fsp3) is 0.304. The second kappa shape index (κ2) is 9.34. The Morgan fingerprint density at radius 3 is 2.58 bits per heavy atom. The lowest BCUT2D eigenvalue weighted by Crippen LogP contribution is -2.37. The molecule has 0 fully saturated rings. The Labute approximate surface area is 185 Å². The summed E-state index contributed by atoms with van der Waals surface area (Å²) in [6.07, 6.45) is 4.42. The SMILES string of the molecule is COc1cccc(-n2ccnc2SCC(=O)N2CCc3cc(OC)c(OC)cc3C2)c1. The maximum atomic E-state index is 12.9. The number of methoxy groups -OCH3 is 3. The maximum absolute atomic E-state index is 12.9. The highest BCUT2D eigenvalue weighted by atomic mass is 32.2. The van der Waals surface area contributed by atoms with E-state index in [0.29, 0.717) is 24.6 Å². The Hall–Kier alpha value is -3.13. The summed E-state index contributed by atoms with van der Waals surface area (Å²) >= 11 is 1.43. The van der Waals surface area contributed by atoms with Gasteiger partial charge >= 0.3 is 0 Å². The smallest absolute Gasteiger partial charge is 0.233 e. The van der Waals surface area contributed by atoms with E-state index >= 15 is 0 Å². The first kappa shape index (κ1) is 21.1. The first-order valence-electron chi connectivity index (χ1n) is 9.95. The van der Waals surface area contributed by atoms with E-state index in [1.165, 1.54) is 17.3 Å². The van der Waals surface area contributed by atoms with Crippen molar-refractivity contribution in [2.75, 3.05) is 33.6 Å². The Balaban J connectivity index is 1.43. The molecular formula is C23H25N3O4S. The van der Waals surface area contributed by atoms with Gasteiger partial charge in [-0.2, -0.15) is 0 Å². The Morgan fingerprint density at radius 1 is 1.06 bits per heavy atom. The quantitative estimate of drug-likeness (QED) is 0.525. The lowest BCUT2D eigenvalue weighted by atomic mass is 9.99. The Kier molecular flexibility index (Phi) is 6.36. The molecule has 0 unspecified atom stereocenters. The van der Waals surface area contributed by atoms with Gasteiger partial charge in [0.2, 0.25) is 5.91 Å². The topological polar surface area (TPSA) is 65.8 Å². The molecule has 31 heavy (non-hydrogen) atoms. The largest absolute Gasteiger partial charge is 0.497 e. The van der Waals surface area contributed by atoms with Crippen LogP contribution in [0.15, 0.2) is 53.9 Å². The molecule has 0 bridgehead atoms. The van der Waals surface area contributed by atoms with Crippen molar-refractivity contribution in [2.24, 2.45) is 0 Å². The van der Waals surface area contributed by atoms with Crippen molar-refractivity contribution < 1.29 is 19.0 Å². The van der Waals surface area contributed by atoms with Crippen molar-refractivity contribution in [1.82, 2.24) is 14.5 Å². The summed E-state index contributed by atoms with van der Waals surface area (Å²) in [6.45, 7) is 1.26. The highest BCUT2D eigenvalue weighted by molar-refractivity contribution is 7.99. The van der Waals surface area contributed by atoms with Crippen molar-refractivity contribution in [1.29, 1.82) is 0 Å². The number of imidazole rings is 1. The van der Waals surface area contributed by atoms with Gasteiger partial charge in [0.1, 0.15) is 5.75 Å². The van der Waals surface area contributed by atoms with Gasteiger partial charge in [-0.15, -0.1) is 0 Å². The van der Waals surface area contributed by atoms with Crippen molar-refractivity contribution in [3.8, 4) is 22.9 Å². The lowest BCUT2D eigenvalue weighted by Gasteiger charge is -2.29. The predicted octanol–water partition coefficient (Wildman–Crippen LogP) is 3.58. The second-order valence-electron chi connectivity index (χ2n) is 7.11. The lowest BCUT2D eigenvalue weighted by molar-refractivity contribution is -0.129. The standard InChI is InChI=1S/C23H25N3O4S/c1-28-19-6-4-5-18(13-19)26-10-8-24-23(26)31-15-22(27)25-9-7-16-11-20(29-2)21(30-3)12-17(16)14-25/h4-6,8,10-13H,7,9,14-15H2,1-3H3. The molecule has 7 nitrogen and oxygen atoms in total. The molecule has 8 heteroatoms. The van der Waals surface area contributed by atoms with E-state index in [9.17, 15) is 4.79 Å². The summed E-state index contributed by atoms with van der Waals surface area (Å²) < 4.78 is 18.1. The van der Waals surface area contributed by atoms with Crippen LogP contribution in [0.25, 0.3) is 5.69 Å². The van der Waals surface area contributed by atoms with Gasteiger partial charge in [0, 0.05) is 31.5 Å². The number of carbonyl (C=O) groups excluding carboxylic acids is 1. The molecule has 0 saturated carbocycles. The number of aromatic nitrogens is 2. The van der Waals surface area contributed by atoms with Crippen LogP contribution < -0.4 is 14.2 Å². The molecule has 1 amide bonds. The molecule has 4 rings (SSSR count). The fourth-order valence-corrected chi connectivity index (χ4v) is 4.54. The van der Waals surface area contributed by atoms with Crippen molar-refractivity contribution in [3.63, 3.8) is 0 Å². The zero-order valence-corrected chi connectivity index (χ0v) is 18.6. The Bertz CT molecular complexity index is 1080. The molecule has 1 aromatic heterocycles. The molecule has 0 atom stereocenters. The molecule has 0 saturated heterocycles. The number of amides is 1. The van der Waals surface area contributed by atoms with Crippen LogP contribution in [0.4, 0.5) is 0 Å². The maximum Gasteiger partial charge on any atom is 0.233 e. The normalized spacial score (nSPS) is 12.9. The average Bonchev–Trinajstić information content (AvgIpc) is 3.29.